The predicted molar refractivity (Wildman–Crippen MR) is 118 cm³/mol. The molecule has 0 aliphatic rings. The first-order valence-electron chi connectivity index (χ1n) is 9.36. The number of aryl methyl sites for hydroxylation is 2. The topological polar surface area (TPSA) is 46.9 Å². The van der Waals surface area contributed by atoms with Gasteiger partial charge in [0.15, 0.2) is 0 Å². The highest BCUT2D eigenvalue weighted by Gasteiger charge is 2.12. The number of halogens is 1. The SMILES string of the molecule is Cc1nn(CCCNC(=O)/C(=C\c2ccccc2)c2ccccc2)c(C)c1Br. The van der Waals surface area contributed by atoms with Crippen molar-refractivity contribution in [1.29, 1.82) is 0 Å². The maximum atomic E-state index is 12.9. The van der Waals surface area contributed by atoms with Crippen molar-refractivity contribution in [3.63, 3.8) is 0 Å². The second-order valence-corrected chi connectivity index (χ2v) is 7.45. The number of amides is 1. The molecule has 1 heterocycles. The molecule has 28 heavy (non-hydrogen) atoms. The molecule has 4 nitrogen and oxygen atoms in total. The fraction of sp³-hybridized carbons (Fsp3) is 0.217. The van der Waals surface area contributed by atoms with E-state index >= 15 is 0 Å². The lowest BCUT2D eigenvalue weighted by molar-refractivity contribution is -0.115. The van der Waals surface area contributed by atoms with E-state index in [0.717, 1.165) is 40.0 Å². The zero-order chi connectivity index (χ0) is 19.9. The smallest absolute Gasteiger partial charge is 0.251 e. The van der Waals surface area contributed by atoms with Gasteiger partial charge in [0.1, 0.15) is 0 Å². The molecule has 144 valence electrons. The average Bonchev–Trinajstić information content (AvgIpc) is 2.97. The fourth-order valence-electron chi connectivity index (χ4n) is 3.03. The average molecular weight is 438 g/mol. The normalized spacial score (nSPS) is 11.5. The molecule has 0 aliphatic heterocycles. The van der Waals surface area contributed by atoms with Gasteiger partial charge in [-0.2, -0.15) is 5.10 Å². The largest absolute Gasteiger partial charge is 0.352 e. The molecule has 2 aromatic carbocycles. The van der Waals surface area contributed by atoms with Crippen molar-refractivity contribution in [3.05, 3.63) is 87.7 Å². The maximum Gasteiger partial charge on any atom is 0.251 e. The Morgan fingerprint density at radius 2 is 1.71 bits per heavy atom. The van der Waals surface area contributed by atoms with Gasteiger partial charge in [0, 0.05) is 24.4 Å². The number of hydrogen-bond donors (Lipinski definition) is 1. The first kappa shape index (κ1) is 20.1. The first-order valence-corrected chi connectivity index (χ1v) is 10.2. The second kappa shape index (κ2) is 9.51. The lowest BCUT2D eigenvalue weighted by atomic mass is 10.0. The van der Waals surface area contributed by atoms with E-state index < -0.39 is 0 Å². The van der Waals surface area contributed by atoms with E-state index in [-0.39, 0.29) is 5.91 Å². The molecule has 0 fully saturated rings. The highest BCUT2D eigenvalue weighted by Crippen LogP contribution is 2.20. The Kier molecular flexibility index (Phi) is 6.82. The molecule has 0 aliphatic carbocycles. The van der Waals surface area contributed by atoms with Crippen LogP contribution >= 0.6 is 15.9 Å². The third-order valence-electron chi connectivity index (χ3n) is 4.57. The first-order chi connectivity index (χ1) is 13.6. The number of nitrogens with one attached hydrogen (secondary N) is 1. The third kappa shape index (κ3) is 4.98. The number of benzene rings is 2. The molecule has 1 N–H and O–H groups in total. The summed E-state index contributed by atoms with van der Waals surface area (Å²) < 4.78 is 3.03. The summed E-state index contributed by atoms with van der Waals surface area (Å²) in [5.74, 6) is -0.0652. The molecule has 0 saturated carbocycles. The van der Waals surface area contributed by atoms with Gasteiger partial charge in [-0.05, 0) is 53.4 Å². The van der Waals surface area contributed by atoms with Gasteiger partial charge < -0.3 is 5.32 Å². The van der Waals surface area contributed by atoms with Gasteiger partial charge in [-0.15, -0.1) is 0 Å². The lowest BCUT2D eigenvalue weighted by Crippen LogP contribution is -2.26. The standard InChI is InChI=1S/C23H24BrN3O/c1-17-22(24)18(2)27(26-17)15-9-14-25-23(28)21(20-12-7-4-8-13-20)16-19-10-5-3-6-11-19/h3-8,10-13,16H,9,14-15H2,1-2H3,(H,25,28)/b21-16-. The Morgan fingerprint density at radius 3 is 2.32 bits per heavy atom. The van der Waals surface area contributed by atoms with Crippen molar-refractivity contribution in [2.24, 2.45) is 0 Å². The Balaban J connectivity index is 1.66. The molecule has 0 unspecified atom stereocenters. The van der Waals surface area contributed by atoms with Crippen LogP contribution in [0.1, 0.15) is 28.9 Å². The van der Waals surface area contributed by atoms with E-state index in [1.807, 2.05) is 85.3 Å². The summed E-state index contributed by atoms with van der Waals surface area (Å²) in [6, 6.07) is 19.7. The fourth-order valence-corrected chi connectivity index (χ4v) is 3.32. The molecule has 0 saturated heterocycles. The maximum absolute atomic E-state index is 12.9. The van der Waals surface area contributed by atoms with E-state index in [0.29, 0.717) is 12.1 Å². The van der Waals surface area contributed by atoms with Crippen LogP contribution in [0.4, 0.5) is 0 Å². The van der Waals surface area contributed by atoms with E-state index in [1.54, 1.807) is 0 Å². The molecule has 0 bridgehead atoms. The Bertz CT molecular complexity index is 962. The summed E-state index contributed by atoms with van der Waals surface area (Å²) in [4.78, 5) is 12.9. The van der Waals surface area contributed by atoms with E-state index in [9.17, 15) is 4.79 Å². The molecule has 0 spiro atoms. The molecule has 1 amide bonds. The summed E-state index contributed by atoms with van der Waals surface area (Å²) in [7, 11) is 0. The van der Waals surface area contributed by atoms with Gasteiger partial charge in [-0.3, -0.25) is 9.48 Å². The number of rotatable bonds is 7. The minimum Gasteiger partial charge on any atom is -0.352 e. The number of hydrogen-bond acceptors (Lipinski definition) is 2. The lowest BCUT2D eigenvalue weighted by Gasteiger charge is -2.10. The van der Waals surface area contributed by atoms with Crippen molar-refractivity contribution in [2.45, 2.75) is 26.8 Å². The summed E-state index contributed by atoms with van der Waals surface area (Å²) in [6.45, 7) is 5.38. The highest BCUT2D eigenvalue weighted by atomic mass is 79.9. The van der Waals surface area contributed by atoms with Crippen molar-refractivity contribution in [3.8, 4) is 0 Å². The minimum atomic E-state index is -0.0652. The van der Waals surface area contributed by atoms with Gasteiger partial charge in [-0.1, -0.05) is 60.7 Å². The van der Waals surface area contributed by atoms with Crippen LogP contribution in [0.5, 0.6) is 0 Å². The van der Waals surface area contributed by atoms with Crippen LogP contribution in [0.2, 0.25) is 0 Å². The van der Waals surface area contributed by atoms with Gasteiger partial charge in [0.05, 0.1) is 10.2 Å². The van der Waals surface area contributed by atoms with Gasteiger partial charge in [0.25, 0.3) is 5.91 Å². The van der Waals surface area contributed by atoms with Crippen LogP contribution in [0, 0.1) is 13.8 Å². The van der Waals surface area contributed by atoms with Crippen LogP contribution < -0.4 is 5.32 Å². The molecule has 5 heteroatoms. The molecule has 0 radical (unpaired) electrons. The van der Waals surface area contributed by atoms with E-state index in [4.69, 9.17) is 0 Å². The number of nitrogens with zero attached hydrogens (tertiary/aromatic N) is 2. The molecular formula is C23H24BrN3O. The Hall–Kier alpha value is -2.66. The van der Waals surface area contributed by atoms with Crippen molar-refractivity contribution in [1.82, 2.24) is 15.1 Å². The Labute approximate surface area is 174 Å². The van der Waals surface area contributed by atoms with E-state index in [1.165, 1.54) is 0 Å². The van der Waals surface area contributed by atoms with Crippen molar-refractivity contribution in [2.75, 3.05) is 6.54 Å². The monoisotopic (exact) mass is 437 g/mol. The van der Waals surface area contributed by atoms with Crippen molar-refractivity contribution >= 4 is 33.5 Å². The van der Waals surface area contributed by atoms with Crippen LogP contribution in [-0.4, -0.2) is 22.2 Å². The number of carbonyl (C=O) groups excluding carboxylic acids is 1. The number of aromatic nitrogens is 2. The minimum absolute atomic E-state index is 0.0652. The highest BCUT2D eigenvalue weighted by molar-refractivity contribution is 9.10. The van der Waals surface area contributed by atoms with Crippen LogP contribution in [0.25, 0.3) is 11.6 Å². The van der Waals surface area contributed by atoms with Gasteiger partial charge >= 0.3 is 0 Å². The quantitative estimate of drug-likeness (QED) is 0.320. The molecule has 3 rings (SSSR count). The van der Waals surface area contributed by atoms with Gasteiger partial charge in [0.2, 0.25) is 0 Å². The second-order valence-electron chi connectivity index (χ2n) is 6.65. The van der Waals surface area contributed by atoms with Crippen molar-refractivity contribution < 1.29 is 4.79 Å². The zero-order valence-corrected chi connectivity index (χ0v) is 17.7. The summed E-state index contributed by atoms with van der Waals surface area (Å²) in [6.07, 6.45) is 2.75. The molecular weight excluding hydrogens is 414 g/mol. The summed E-state index contributed by atoms with van der Waals surface area (Å²) in [5, 5.41) is 7.56. The van der Waals surface area contributed by atoms with Crippen LogP contribution in [0.15, 0.2) is 65.1 Å². The Morgan fingerprint density at radius 1 is 1.07 bits per heavy atom. The van der Waals surface area contributed by atoms with E-state index in [2.05, 4.69) is 26.3 Å². The van der Waals surface area contributed by atoms with Gasteiger partial charge in [-0.25, -0.2) is 0 Å². The number of carbonyl (C=O) groups is 1. The molecule has 3 aromatic rings. The summed E-state index contributed by atoms with van der Waals surface area (Å²) >= 11 is 3.55. The molecule has 1 aromatic heterocycles. The van der Waals surface area contributed by atoms with Crippen LogP contribution in [-0.2, 0) is 11.3 Å². The summed E-state index contributed by atoms with van der Waals surface area (Å²) in [5.41, 5.74) is 4.67. The molecule has 0 atom stereocenters. The zero-order valence-electron chi connectivity index (χ0n) is 16.2. The third-order valence-corrected chi connectivity index (χ3v) is 5.71. The van der Waals surface area contributed by atoms with Crippen LogP contribution in [0.3, 0.4) is 0 Å². The predicted octanol–water partition coefficient (Wildman–Crippen LogP) is 5.01.